The normalized spacial score (nSPS) is 11.9. The summed E-state index contributed by atoms with van der Waals surface area (Å²) >= 11 is 3.17. The Morgan fingerprint density at radius 1 is 1.53 bits per heavy atom. The van der Waals surface area contributed by atoms with Crippen LogP contribution in [-0.4, -0.2) is 31.6 Å². The minimum Gasteiger partial charge on any atom is -0.390 e. The van der Waals surface area contributed by atoms with Gasteiger partial charge in [-0.15, -0.1) is 16.4 Å². The first-order valence-corrected chi connectivity index (χ1v) is 7.18. The summed E-state index contributed by atoms with van der Waals surface area (Å²) in [5.74, 6) is 1.45. The highest BCUT2D eigenvalue weighted by atomic mass is 32.2. The first-order valence-electron chi connectivity index (χ1n) is 5.32. The first-order chi connectivity index (χ1) is 8.03. The molecule has 0 aliphatic heterocycles. The number of thioether (sulfide) groups is 1. The van der Waals surface area contributed by atoms with Gasteiger partial charge in [-0.3, -0.25) is 5.10 Å². The predicted octanol–water partition coefficient (Wildman–Crippen LogP) is 2.32. The maximum atomic E-state index is 9.61. The smallest absolute Gasteiger partial charge is 0.208 e. The van der Waals surface area contributed by atoms with Crippen LogP contribution in [0, 0.1) is 0 Å². The van der Waals surface area contributed by atoms with Gasteiger partial charge in [0.1, 0.15) is 5.82 Å². The Morgan fingerprint density at radius 3 is 3.00 bits per heavy atom. The molecule has 0 aliphatic rings. The maximum absolute atomic E-state index is 9.61. The van der Waals surface area contributed by atoms with Crippen molar-refractivity contribution in [2.75, 3.05) is 5.75 Å². The Kier molecular flexibility index (Phi) is 3.86. The molecule has 0 aromatic carbocycles. The van der Waals surface area contributed by atoms with Crippen molar-refractivity contribution >= 4 is 23.1 Å². The molecule has 0 atom stereocenters. The van der Waals surface area contributed by atoms with Gasteiger partial charge in [-0.05, 0) is 25.3 Å². The summed E-state index contributed by atoms with van der Waals surface area (Å²) in [7, 11) is 0. The second-order valence-electron chi connectivity index (χ2n) is 4.42. The van der Waals surface area contributed by atoms with Crippen LogP contribution in [0.1, 0.15) is 24.5 Å². The van der Waals surface area contributed by atoms with Gasteiger partial charge in [-0.2, -0.15) is 0 Å². The lowest BCUT2D eigenvalue weighted by Crippen LogP contribution is -2.21. The largest absolute Gasteiger partial charge is 0.390 e. The van der Waals surface area contributed by atoms with E-state index in [0.717, 1.165) is 12.2 Å². The fourth-order valence-electron chi connectivity index (χ4n) is 1.24. The van der Waals surface area contributed by atoms with Gasteiger partial charge < -0.3 is 5.11 Å². The molecular formula is C11H15N3OS2. The quantitative estimate of drug-likeness (QED) is 0.818. The van der Waals surface area contributed by atoms with Crippen molar-refractivity contribution < 1.29 is 5.11 Å². The zero-order valence-electron chi connectivity index (χ0n) is 9.80. The zero-order chi connectivity index (χ0) is 12.3. The number of nitrogens with one attached hydrogen (secondary N) is 1. The topological polar surface area (TPSA) is 61.8 Å². The van der Waals surface area contributed by atoms with Crippen LogP contribution in [0.15, 0.2) is 22.7 Å². The van der Waals surface area contributed by atoms with E-state index < -0.39 is 5.60 Å². The molecule has 2 N–H and O–H groups in total. The molecule has 2 aromatic rings. The molecule has 4 nitrogen and oxygen atoms in total. The highest BCUT2D eigenvalue weighted by Crippen LogP contribution is 2.19. The fraction of sp³-hybridized carbons (Fsp3) is 0.455. The lowest BCUT2D eigenvalue weighted by atomic mass is 10.2. The molecule has 2 heterocycles. The first kappa shape index (κ1) is 12.6. The summed E-state index contributed by atoms with van der Waals surface area (Å²) in [6.45, 7) is 3.55. The number of thiophene rings is 1. The number of aliphatic hydroxyl groups is 1. The number of aromatic amines is 1. The van der Waals surface area contributed by atoms with Crippen LogP contribution in [0.2, 0.25) is 0 Å². The molecule has 0 saturated carbocycles. The SMILES string of the molecule is CC(C)(O)CSc1n[nH]c(Cc2cccs2)n1. The molecule has 0 spiro atoms. The minimum atomic E-state index is -0.695. The van der Waals surface area contributed by atoms with E-state index in [9.17, 15) is 5.11 Å². The molecule has 2 rings (SSSR count). The van der Waals surface area contributed by atoms with E-state index >= 15 is 0 Å². The van der Waals surface area contributed by atoms with Crippen LogP contribution >= 0.6 is 23.1 Å². The van der Waals surface area contributed by atoms with Crippen LogP contribution in [0.3, 0.4) is 0 Å². The van der Waals surface area contributed by atoms with Gasteiger partial charge in [0.15, 0.2) is 0 Å². The highest BCUT2D eigenvalue weighted by molar-refractivity contribution is 7.99. The summed E-state index contributed by atoms with van der Waals surface area (Å²) < 4.78 is 0. The van der Waals surface area contributed by atoms with Crippen LogP contribution in [0.25, 0.3) is 0 Å². The van der Waals surface area contributed by atoms with Crippen LogP contribution < -0.4 is 0 Å². The summed E-state index contributed by atoms with van der Waals surface area (Å²) in [6.07, 6.45) is 0.785. The second kappa shape index (κ2) is 5.20. The number of hydrogen-bond donors (Lipinski definition) is 2. The van der Waals surface area contributed by atoms with E-state index in [1.54, 1.807) is 25.2 Å². The third-order valence-corrected chi connectivity index (χ3v) is 4.16. The van der Waals surface area contributed by atoms with Crippen LogP contribution in [0.4, 0.5) is 0 Å². The van der Waals surface area contributed by atoms with E-state index in [2.05, 4.69) is 26.6 Å². The number of hydrogen-bond acceptors (Lipinski definition) is 5. The Balaban J connectivity index is 1.92. The fourth-order valence-corrected chi connectivity index (χ4v) is 2.72. The number of rotatable bonds is 5. The molecule has 0 aliphatic carbocycles. The van der Waals surface area contributed by atoms with Crippen LogP contribution in [0.5, 0.6) is 0 Å². The predicted molar refractivity (Wildman–Crippen MR) is 70.5 cm³/mol. The van der Waals surface area contributed by atoms with Crippen molar-refractivity contribution in [3.8, 4) is 0 Å². The molecule has 2 aromatic heterocycles. The van der Waals surface area contributed by atoms with Gasteiger partial charge >= 0.3 is 0 Å². The van der Waals surface area contributed by atoms with Crippen molar-refractivity contribution in [1.82, 2.24) is 15.2 Å². The second-order valence-corrected chi connectivity index (χ2v) is 6.40. The molecule has 92 valence electrons. The van der Waals surface area contributed by atoms with E-state index in [1.807, 2.05) is 6.07 Å². The molecule has 0 radical (unpaired) electrons. The Bertz CT molecular complexity index is 459. The molecule has 0 bridgehead atoms. The van der Waals surface area contributed by atoms with Gasteiger partial charge in [-0.25, -0.2) is 4.98 Å². The van der Waals surface area contributed by atoms with Gasteiger partial charge in [0, 0.05) is 17.1 Å². The number of H-pyrrole nitrogens is 1. The van der Waals surface area contributed by atoms with Crippen LogP contribution in [-0.2, 0) is 6.42 Å². The standard InChI is InChI=1S/C11H15N3OS2/c1-11(2,15)7-17-10-12-9(13-14-10)6-8-4-3-5-16-8/h3-5,15H,6-7H2,1-2H3,(H,12,13,14). The Labute approximate surface area is 108 Å². The average molecular weight is 269 g/mol. The Hall–Kier alpha value is -0.850. The van der Waals surface area contributed by atoms with Crippen molar-refractivity contribution in [2.45, 2.75) is 31.0 Å². The minimum absolute atomic E-state index is 0.587. The molecule has 0 unspecified atom stereocenters. The molecule has 6 heteroatoms. The third-order valence-electron chi connectivity index (χ3n) is 1.99. The molecular weight excluding hydrogens is 254 g/mol. The zero-order valence-corrected chi connectivity index (χ0v) is 11.4. The highest BCUT2D eigenvalue weighted by Gasteiger charge is 2.14. The molecule has 17 heavy (non-hydrogen) atoms. The van der Waals surface area contributed by atoms with E-state index in [0.29, 0.717) is 10.9 Å². The summed E-state index contributed by atoms with van der Waals surface area (Å²) in [5.41, 5.74) is -0.695. The number of aromatic nitrogens is 3. The molecule has 0 amide bonds. The Morgan fingerprint density at radius 2 is 2.35 bits per heavy atom. The van der Waals surface area contributed by atoms with E-state index in [1.165, 1.54) is 16.6 Å². The van der Waals surface area contributed by atoms with Crippen molar-refractivity contribution in [3.63, 3.8) is 0 Å². The molecule has 0 fully saturated rings. The maximum Gasteiger partial charge on any atom is 0.208 e. The van der Waals surface area contributed by atoms with Crippen molar-refractivity contribution in [3.05, 3.63) is 28.2 Å². The lowest BCUT2D eigenvalue weighted by molar-refractivity contribution is 0.107. The lowest BCUT2D eigenvalue weighted by Gasteiger charge is -2.14. The van der Waals surface area contributed by atoms with E-state index in [4.69, 9.17) is 0 Å². The molecule has 0 saturated heterocycles. The van der Waals surface area contributed by atoms with Gasteiger partial charge in [0.05, 0.1) is 5.60 Å². The van der Waals surface area contributed by atoms with Gasteiger partial charge in [0.2, 0.25) is 5.16 Å². The summed E-state index contributed by atoms with van der Waals surface area (Å²) in [5, 5.41) is 19.4. The van der Waals surface area contributed by atoms with Crippen molar-refractivity contribution in [2.24, 2.45) is 0 Å². The summed E-state index contributed by atoms with van der Waals surface area (Å²) in [4.78, 5) is 5.64. The van der Waals surface area contributed by atoms with Crippen molar-refractivity contribution in [1.29, 1.82) is 0 Å². The van der Waals surface area contributed by atoms with Gasteiger partial charge in [-0.1, -0.05) is 17.8 Å². The number of nitrogens with zero attached hydrogens (tertiary/aromatic N) is 2. The van der Waals surface area contributed by atoms with E-state index in [-0.39, 0.29) is 0 Å². The average Bonchev–Trinajstić information content (AvgIpc) is 2.86. The monoisotopic (exact) mass is 269 g/mol. The summed E-state index contributed by atoms with van der Waals surface area (Å²) in [6, 6.07) is 4.11. The third kappa shape index (κ3) is 4.14. The van der Waals surface area contributed by atoms with Gasteiger partial charge in [0.25, 0.3) is 0 Å².